The minimum absolute atomic E-state index is 0.394. The molecule has 3 rings (SSSR count). The normalized spacial score (nSPS) is 20.0. The third-order valence-corrected chi connectivity index (χ3v) is 3.57. The van der Waals surface area contributed by atoms with Gasteiger partial charge < -0.3 is 5.32 Å². The highest BCUT2D eigenvalue weighted by molar-refractivity contribution is 6.51. The van der Waals surface area contributed by atoms with Gasteiger partial charge >= 0.3 is 0 Å². The summed E-state index contributed by atoms with van der Waals surface area (Å²) in [5.74, 6) is -0.317. The van der Waals surface area contributed by atoms with Gasteiger partial charge in [0.1, 0.15) is 0 Å². The van der Waals surface area contributed by atoms with Crippen molar-refractivity contribution in [3.05, 3.63) is 29.3 Å². The largest absolute Gasteiger partial charge is 0.318 e. The highest BCUT2D eigenvalue weighted by Gasteiger charge is 2.29. The quantitative estimate of drug-likeness (QED) is 0.731. The van der Waals surface area contributed by atoms with E-state index in [4.69, 9.17) is 0 Å². The van der Waals surface area contributed by atoms with Gasteiger partial charge in [-0.2, -0.15) is 0 Å². The van der Waals surface area contributed by atoms with E-state index < -0.39 is 11.7 Å². The summed E-state index contributed by atoms with van der Waals surface area (Å²) in [6.45, 7) is 0. The van der Waals surface area contributed by atoms with Gasteiger partial charge in [0.25, 0.3) is 11.7 Å². The summed E-state index contributed by atoms with van der Waals surface area (Å²) in [6.07, 6.45) is 4.95. The molecule has 1 aromatic rings. The number of fused-ring (bicyclic) bond motifs is 1. The highest BCUT2D eigenvalue weighted by Crippen LogP contribution is 2.36. The Morgan fingerprint density at radius 3 is 2.62 bits per heavy atom. The molecule has 0 spiro atoms. The maximum absolute atomic E-state index is 11.6. The first-order chi connectivity index (χ1) is 7.75. The molecule has 1 saturated carbocycles. The number of Topliss-reactive ketones (excluding diaryl/α,β-unsaturated/α-hetero) is 1. The first-order valence-electron chi connectivity index (χ1n) is 5.75. The minimum atomic E-state index is -0.501. The molecular weight excluding hydrogens is 202 g/mol. The maximum atomic E-state index is 11.6. The fourth-order valence-corrected chi connectivity index (χ4v) is 2.67. The number of nitrogens with one attached hydrogen (secondary N) is 1. The molecule has 0 bridgehead atoms. The topological polar surface area (TPSA) is 46.2 Å². The third-order valence-electron chi connectivity index (χ3n) is 3.57. The predicted octanol–water partition coefficient (Wildman–Crippen LogP) is 2.48. The molecule has 0 saturated heterocycles. The standard InChI is InChI=1S/C13H13NO2/c15-12-10-7-9(8-3-1-2-4-8)5-6-11(10)14-13(12)16/h5-8H,1-4H2,(H,14,15,16). The maximum Gasteiger partial charge on any atom is 0.296 e. The molecule has 3 nitrogen and oxygen atoms in total. The lowest BCUT2D eigenvalue weighted by molar-refractivity contribution is -0.112. The van der Waals surface area contributed by atoms with E-state index in [1.54, 1.807) is 0 Å². The molecule has 0 unspecified atom stereocenters. The van der Waals surface area contributed by atoms with Crippen LogP contribution < -0.4 is 5.32 Å². The summed E-state index contributed by atoms with van der Waals surface area (Å²) in [5.41, 5.74) is 2.42. The van der Waals surface area contributed by atoms with Crippen molar-refractivity contribution in [1.29, 1.82) is 0 Å². The van der Waals surface area contributed by atoms with Crippen LogP contribution >= 0.6 is 0 Å². The SMILES string of the molecule is O=C1Nc2ccc(C3CCCC3)cc2C1=O. The van der Waals surface area contributed by atoms with Gasteiger partial charge in [-0.05, 0) is 36.5 Å². The second kappa shape index (κ2) is 3.44. The van der Waals surface area contributed by atoms with Gasteiger partial charge in [0.05, 0.1) is 11.3 Å². The van der Waals surface area contributed by atoms with E-state index in [1.807, 2.05) is 18.2 Å². The van der Waals surface area contributed by atoms with Crippen LogP contribution in [0.4, 0.5) is 5.69 Å². The number of carbonyl (C=O) groups excluding carboxylic acids is 2. The van der Waals surface area contributed by atoms with Crippen molar-refractivity contribution in [1.82, 2.24) is 0 Å². The average Bonchev–Trinajstić information content (AvgIpc) is 2.89. The van der Waals surface area contributed by atoms with E-state index in [2.05, 4.69) is 5.32 Å². The summed E-state index contributed by atoms with van der Waals surface area (Å²) in [7, 11) is 0. The smallest absolute Gasteiger partial charge is 0.296 e. The lowest BCUT2D eigenvalue weighted by atomic mass is 9.95. The van der Waals surface area contributed by atoms with Crippen molar-refractivity contribution >= 4 is 17.4 Å². The molecular formula is C13H13NO2. The highest BCUT2D eigenvalue weighted by atomic mass is 16.2. The van der Waals surface area contributed by atoms with Crippen molar-refractivity contribution in [2.24, 2.45) is 0 Å². The minimum Gasteiger partial charge on any atom is -0.318 e. The molecule has 1 aliphatic carbocycles. The van der Waals surface area contributed by atoms with E-state index in [0.717, 1.165) is 0 Å². The zero-order chi connectivity index (χ0) is 11.1. The van der Waals surface area contributed by atoms with Crippen LogP contribution in [0.3, 0.4) is 0 Å². The Morgan fingerprint density at radius 1 is 1.12 bits per heavy atom. The van der Waals surface area contributed by atoms with Crippen LogP contribution in [-0.4, -0.2) is 11.7 Å². The van der Waals surface area contributed by atoms with Gasteiger partial charge in [-0.25, -0.2) is 0 Å². The summed E-state index contributed by atoms with van der Waals surface area (Å²) in [4.78, 5) is 22.8. The molecule has 16 heavy (non-hydrogen) atoms. The molecule has 0 aromatic heterocycles. The van der Waals surface area contributed by atoms with Gasteiger partial charge in [-0.1, -0.05) is 18.9 Å². The van der Waals surface area contributed by atoms with Crippen LogP contribution in [-0.2, 0) is 4.79 Å². The fraction of sp³-hybridized carbons (Fsp3) is 0.385. The van der Waals surface area contributed by atoms with E-state index in [9.17, 15) is 9.59 Å². The molecule has 1 aromatic carbocycles. The Labute approximate surface area is 93.8 Å². The van der Waals surface area contributed by atoms with Crippen molar-refractivity contribution in [3.8, 4) is 0 Å². The van der Waals surface area contributed by atoms with Gasteiger partial charge in [-0.3, -0.25) is 9.59 Å². The Bertz CT molecular complexity index is 473. The first-order valence-corrected chi connectivity index (χ1v) is 5.75. The molecule has 82 valence electrons. The van der Waals surface area contributed by atoms with E-state index in [-0.39, 0.29) is 0 Å². The van der Waals surface area contributed by atoms with Gasteiger partial charge in [0.2, 0.25) is 0 Å². The van der Waals surface area contributed by atoms with Crippen LogP contribution in [0.15, 0.2) is 18.2 Å². The Hall–Kier alpha value is -1.64. The van der Waals surface area contributed by atoms with Crippen molar-refractivity contribution < 1.29 is 9.59 Å². The lowest BCUT2D eigenvalue weighted by Gasteiger charge is -2.10. The zero-order valence-corrected chi connectivity index (χ0v) is 8.95. The number of hydrogen-bond acceptors (Lipinski definition) is 2. The fourth-order valence-electron chi connectivity index (χ4n) is 2.67. The summed E-state index contributed by atoms with van der Waals surface area (Å²) >= 11 is 0. The van der Waals surface area contributed by atoms with Crippen molar-refractivity contribution in [2.75, 3.05) is 5.32 Å². The number of carbonyl (C=O) groups is 2. The van der Waals surface area contributed by atoms with Gasteiger partial charge in [-0.15, -0.1) is 0 Å². The Morgan fingerprint density at radius 2 is 1.88 bits per heavy atom. The zero-order valence-electron chi connectivity index (χ0n) is 8.95. The number of rotatable bonds is 1. The Balaban J connectivity index is 1.99. The monoisotopic (exact) mass is 215 g/mol. The number of benzene rings is 1. The molecule has 3 heteroatoms. The molecule has 0 atom stereocenters. The first kappa shape index (κ1) is 9.58. The third kappa shape index (κ3) is 1.35. The molecule has 1 fully saturated rings. The molecule has 1 aliphatic heterocycles. The van der Waals surface area contributed by atoms with Crippen LogP contribution in [0.2, 0.25) is 0 Å². The average molecular weight is 215 g/mol. The second-order valence-electron chi connectivity index (χ2n) is 4.57. The second-order valence-corrected chi connectivity index (χ2v) is 4.57. The van der Waals surface area contributed by atoms with Gasteiger partial charge in [0.15, 0.2) is 0 Å². The van der Waals surface area contributed by atoms with Crippen molar-refractivity contribution in [3.63, 3.8) is 0 Å². The Kier molecular flexibility index (Phi) is 2.06. The molecule has 1 amide bonds. The predicted molar refractivity (Wildman–Crippen MR) is 60.6 cm³/mol. The number of ketones is 1. The molecule has 0 radical (unpaired) electrons. The lowest BCUT2D eigenvalue weighted by Crippen LogP contribution is -2.12. The molecule has 1 heterocycles. The number of anilines is 1. The summed E-state index contributed by atoms with van der Waals surface area (Å²) in [5, 5.41) is 2.58. The van der Waals surface area contributed by atoms with E-state index >= 15 is 0 Å². The summed E-state index contributed by atoms with van der Waals surface area (Å²) in [6, 6.07) is 5.78. The van der Waals surface area contributed by atoms with Gasteiger partial charge in [0, 0.05) is 0 Å². The van der Waals surface area contributed by atoms with Crippen LogP contribution in [0.25, 0.3) is 0 Å². The van der Waals surface area contributed by atoms with Crippen LogP contribution in [0.1, 0.15) is 47.5 Å². The number of hydrogen-bond donors (Lipinski definition) is 1. The van der Waals surface area contributed by atoms with E-state index in [1.165, 1.54) is 31.2 Å². The van der Waals surface area contributed by atoms with E-state index in [0.29, 0.717) is 17.2 Å². The molecule has 2 aliphatic rings. The number of amides is 1. The van der Waals surface area contributed by atoms with Crippen LogP contribution in [0.5, 0.6) is 0 Å². The molecule has 1 N–H and O–H groups in total. The van der Waals surface area contributed by atoms with Crippen molar-refractivity contribution in [2.45, 2.75) is 31.6 Å². The van der Waals surface area contributed by atoms with Crippen LogP contribution in [0, 0.1) is 0 Å². The summed E-state index contributed by atoms with van der Waals surface area (Å²) < 4.78 is 0.